The molecule has 0 spiro atoms. The maximum atomic E-state index is 7.78. The van der Waals surface area contributed by atoms with Gasteiger partial charge in [0.25, 0.3) is 0 Å². The van der Waals surface area contributed by atoms with E-state index in [2.05, 4.69) is 34.9 Å². The Morgan fingerprint density at radius 3 is 2.48 bits per heavy atom. The molecule has 116 valence electrons. The van der Waals surface area contributed by atoms with Crippen molar-refractivity contribution in [3.05, 3.63) is 35.9 Å². The summed E-state index contributed by atoms with van der Waals surface area (Å²) in [5.74, 6) is 0.459. The lowest BCUT2D eigenvalue weighted by Gasteiger charge is -2.33. The van der Waals surface area contributed by atoms with Gasteiger partial charge >= 0.3 is 0 Å². The highest BCUT2D eigenvalue weighted by Gasteiger charge is 2.25. The van der Waals surface area contributed by atoms with Crippen LogP contribution >= 0.6 is 12.4 Å². The molecule has 6 heteroatoms. The third kappa shape index (κ3) is 5.63. The molecule has 1 fully saturated rings. The molecule has 6 N–H and O–H groups in total. The van der Waals surface area contributed by atoms with Crippen molar-refractivity contribution in [2.45, 2.75) is 38.1 Å². The van der Waals surface area contributed by atoms with E-state index in [0.29, 0.717) is 5.92 Å². The third-order valence-electron chi connectivity index (χ3n) is 3.84. The molecule has 2 rings (SSSR count). The van der Waals surface area contributed by atoms with Gasteiger partial charge in [-0.1, -0.05) is 43.2 Å². The van der Waals surface area contributed by atoms with Crippen LogP contribution in [0.2, 0.25) is 0 Å². The van der Waals surface area contributed by atoms with Crippen LogP contribution in [-0.2, 0) is 6.42 Å². The van der Waals surface area contributed by atoms with Crippen LogP contribution in [-0.4, -0.2) is 18.0 Å². The fraction of sp³-hybridized carbons (Fsp3) is 0.467. The Morgan fingerprint density at radius 1 is 1.14 bits per heavy atom. The van der Waals surface area contributed by atoms with Crippen molar-refractivity contribution in [2.75, 3.05) is 0 Å². The maximum Gasteiger partial charge on any atom is 0.195 e. The van der Waals surface area contributed by atoms with Crippen LogP contribution in [0.15, 0.2) is 30.3 Å². The molecule has 0 heterocycles. The Balaban J connectivity index is 0.00000220. The standard InChI is InChI=1S/C15H23N5.ClH/c16-14(17)20-15(18)19-13-9-5-4-8-12(13)10-11-6-2-1-3-7-11;/h1-3,6-7,12-13H,4-5,8-10H2,(H6,16,17,18,19,20);1H. The molecule has 2 unspecified atom stereocenters. The number of benzene rings is 1. The smallest absolute Gasteiger partial charge is 0.195 e. The highest BCUT2D eigenvalue weighted by molar-refractivity contribution is 5.94. The van der Waals surface area contributed by atoms with Crippen LogP contribution in [0.25, 0.3) is 0 Å². The molecular weight excluding hydrogens is 286 g/mol. The molecule has 0 radical (unpaired) electrons. The van der Waals surface area contributed by atoms with Gasteiger partial charge in [-0.2, -0.15) is 0 Å². The second-order valence-corrected chi connectivity index (χ2v) is 5.40. The lowest BCUT2D eigenvalue weighted by atomic mass is 9.81. The Morgan fingerprint density at radius 2 is 1.81 bits per heavy atom. The molecule has 0 amide bonds. The van der Waals surface area contributed by atoms with Crippen molar-refractivity contribution >= 4 is 24.3 Å². The average molecular weight is 310 g/mol. The quantitative estimate of drug-likeness (QED) is 0.437. The summed E-state index contributed by atoms with van der Waals surface area (Å²) in [4.78, 5) is 0. The monoisotopic (exact) mass is 309 g/mol. The SMILES string of the molecule is Cl.N=C(N)NC(=N)NC1CCCCC1Cc1ccccc1. The minimum atomic E-state index is -0.196. The second-order valence-electron chi connectivity index (χ2n) is 5.40. The van der Waals surface area contributed by atoms with E-state index in [0.717, 1.165) is 12.8 Å². The number of nitrogens with one attached hydrogen (secondary N) is 4. The molecule has 0 aliphatic heterocycles. The Bertz CT molecular complexity index is 462. The third-order valence-corrected chi connectivity index (χ3v) is 3.84. The summed E-state index contributed by atoms with van der Waals surface area (Å²) < 4.78 is 0. The van der Waals surface area contributed by atoms with E-state index in [-0.39, 0.29) is 30.4 Å². The summed E-state index contributed by atoms with van der Waals surface area (Å²) >= 11 is 0. The highest BCUT2D eigenvalue weighted by Crippen LogP contribution is 2.27. The molecule has 21 heavy (non-hydrogen) atoms. The number of nitrogens with two attached hydrogens (primary N) is 1. The van der Waals surface area contributed by atoms with Gasteiger partial charge in [-0.15, -0.1) is 12.4 Å². The predicted octanol–water partition coefficient (Wildman–Crippen LogP) is 2.22. The molecular formula is C15H24ClN5. The molecule has 1 aliphatic rings. The lowest BCUT2D eigenvalue weighted by molar-refractivity contribution is 0.284. The summed E-state index contributed by atoms with van der Waals surface area (Å²) in [7, 11) is 0. The number of halogens is 1. The van der Waals surface area contributed by atoms with Crippen LogP contribution in [0.1, 0.15) is 31.2 Å². The van der Waals surface area contributed by atoms with E-state index in [1.807, 2.05) is 6.07 Å². The summed E-state index contributed by atoms with van der Waals surface area (Å²) in [6.07, 6.45) is 5.73. The number of guanidine groups is 2. The van der Waals surface area contributed by atoms with E-state index >= 15 is 0 Å². The number of hydrogen-bond donors (Lipinski definition) is 5. The van der Waals surface area contributed by atoms with Gasteiger partial charge in [-0.05, 0) is 30.7 Å². The number of hydrogen-bond acceptors (Lipinski definition) is 2. The van der Waals surface area contributed by atoms with Gasteiger partial charge in [0.05, 0.1) is 0 Å². The van der Waals surface area contributed by atoms with E-state index in [9.17, 15) is 0 Å². The van der Waals surface area contributed by atoms with Crippen LogP contribution in [0.3, 0.4) is 0 Å². The molecule has 0 aromatic heterocycles. The number of rotatable bonds is 3. The van der Waals surface area contributed by atoms with E-state index in [4.69, 9.17) is 16.6 Å². The van der Waals surface area contributed by atoms with Crippen molar-refractivity contribution in [1.82, 2.24) is 10.6 Å². The molecule has 1 aromatic rings. The molecule has 1 saturated carbocycles. The molecule has 0 saturated heterocycles. The first kappa shape index (κ1) is 17.3. The van der Waals surface area contributed by atoms with E-state index < -0.39 is 0 Å². The first-order valence-corrected chi connectivity index (χ1v) is 7.15. The first-order valence-electron chi connectivity index (χ1n) is 7.15. The van der Waals surface area contributed by atoms with Crippen LogP contribution in [0.4, 0.5) is 0 Å². The van der Waals surface area contributed by atoms with Crippen LogP contribution in [0.5, 0.6) is 0 Å². The molecule has 2 atom stereocenters. The van der Waals surface area contributed by atoms with E-state index in [1.165, 1.54) is 24.8 Å². The molecule has 1 aliphatic carbocycles. The Labute approximate surface area is 132 Å². The zero-order valence-electron chi connectivity index (χ0n) is 12.1. The zero-order chi connectivity index (χ0) is 14.4. The van der Waals surface area contributed by atoms with Crippen molar-refractivity contribution in [1.29, 1.82) is 10.8 Å². The summed E-state index contributed by atoms with van der Waals surface area (Å²) in [5, 5.41) is 20.6. The Kier molecular flexibility index (Phi) is 7.02. The zero-order valence-corrected chi connectivity index (χ0v) is 12.9. The fourth-order valence-electron chi connectivity index (χ4n) is 2.91. The van der Waals surface area contributed by atoms with Crippen LogP contribution < -0.4 is 16.4 Å². The average Bonchev–Trinajstić information content (AvgIpc) is 2.41. The van der Waals surface area contributed by atoms with Gasteiger partial charge in [0, 0.05) is 6.04 Å². The Hall–Kier alpha value is -1.75. The van der Waals surface area contributed by atoms with Crippen molar-refractivity contribution in [2.24, 2.45) is 11.7 Å². The van der Waals surface area contributed by atoms with Crippen molar-refractivity contribution in [3.63, 3.8) is 0 Å². The minimum Gasteiger partial charge on any atom is -0.370 e. The van der Waals surface area contributed by atoms with Gasteiger partial charge in [-0.3, -0.25) is 16.1 Å². The second kappa shape index (κ2) is 8.52. The fourth-order valence-corrected chi connectivity index (χ4v) is 2.91. The predicted molar refractivity (Wildman–Crippen MR) is 89.1 cm³/mol. The highest BCUT2D eigenvalue weighted by atomic mass is 35.5. The van der Waals surface area contributed by atoms with Gasteiger partial charge < -0.3 is 11.1 Å². The van der Waals surface area contributed by atoms with Gasteiger partial charge in [0.15, 0.2) is 11.9 Å². The maximum absolute atomic E-state index is 7.78. The molecule has 1 aromatic carbocycles. The molecule has 0 bridgehead atoms. The topological polar surface area (TPSA) is 97.8 Å². The first-order chi connectivity index (χ1) is 9.65. The largest absolute Gasteiger partial charge is 0.370 e. The summed E-state index contributed by atoms with van der Waals surface area (Å²) in [6.45, 7) is 0. The van der Waals surface area contributed by atoms with Crippen LogP contribution in [0, 0.1) is 16.7 Å². The van der Waals surface area contributed by atoms with Gasteiger partial charge in [0.1, 0.15) is 0 Å². The van der Waals surface area contributed by atoms with Gasteiger partial charge in [-0.25, -0.2) is 0 Å². The van der Waals surface area contributed by atoms with Crippen molar-refractivity contribution in [3.8, 4) is 0 Å². The van der Waals surface area contributed by atoms with Crippen molar-refractivity contribution < 1.29 is 0 Å². The lowest BCUT2D eigenvalue weighted by Crippen LogP contribution is -2.50. The summed E-state index contributed by atoms with van der Waals surface area (Å²) in [5.41, 5.74) is 6.59. The normalized spacial score (nSPS) is 21.0. The molecule has 5 nitrogen and oxygen atoms in total. The van der Waals surface area contributed by atoms with Gasteiger partial charge in [0.2, 0.25) is 0 Å². The summed E-state index contributed by atoms with van der Waals surface area (Å²) in [6, 6.07) is 10.8. The minimum absolute atomic E-state index is 0. The van der Waals surface area contributed by atoms with E-state index in [1.54, 1.807) is 0 Å².